The first-order valence-electron chi connectivity index (χ1n) is 23.2. The molecule has 0 aromatic carbocycles. The third-order valence-corrected chi connectivity index (χ3v) is 10.3. The number of esters is 3. The topological polar surface area (TPSA) is 78.9 Å². The van der Waals surface area contributed by atoms with Gasteiger partial charge in [-0.05, 0) is 44.9 Å². The largest absolute Gasteiger partial charge is 0.462 e. The van der Waals surface area contributed by atoms with E-state index < -0.39 is 6.10 Å². The number of carbonyl (C=O) groups excluding carboxylic acids is 3. The lowest BCUT2D eigenvalue weighted by Gasteiger charge is -2.18. The third kappa shape index (κ3) is 41.2. The first-order chi connectivity index (χ1) is 26.0. The van der Waals surface area contributed by atoms with Gasteiger partial charge in [-0.3, -0.25) is 14.4 Å². The molecule has 1 atom stereocenters. The maximum Gasteiger partial charge on any atom is 0.306 e. The fraction of sp³-hybridized carbons (Fsp3) is 0.894. The Labute approximate surface area is 329 Å². The van der Waals surface area contributed by atoms with Crippen LogP contribution in [0.5, 0.6) is 0 Å². The van der Waals surface area contributed by atoms with Crippen molar-refractivity contribution < 1.29 is 28.6 Å². The second-order valence-electron chi connectivity index (χ2n) is 15.7. The minimum absolute atomic E-state index is 0.0680. The van der Waals surface area contributed by atoms with Crippen molar-refractivity contribution in [3.63, 3.8) is 0 Å². The van der Waals surface area contributed by atoms with Gasteiger partial charge in [0.2, 0.25) is 0 Å². The summed E-state index contributed by atoms with van der Waals surface area (Å²) in [6.45, 7) is 6.52. The summed E-state index contributed by atoms with van der Waals surface area (Å²) in [4.78, 5) is 37.3. The zero-order chi connectivity index (χ0) is 38.7. The average molecular weight is 749 g/mol. The summed E-state index contributed by atoms with van der Waals surface area (Å²) in [5, 5.41) is 0. The Bertz CT molecular complexity index is 824. The van der Waals surface area contributed by atoms with Gasteiger partial charge in [-0.25, -0.2) is 0 Å². The van der Waals surface area contributed by atoms with Gasteiger partial charge in [-0.2, -0.15) is 0 Å². The lowest BCUT2D eigenvalue weighted by molar-refractivity contribution is -0.167. The van der Waals surface area contributed by atoms with E-state index in [1.807, 2.05) is 0 Å². The van der Waals surface area contributed by atoms with Crippen molar-refractivity contribution in [2.45, 2.75) is 258 Å². The molecule has 53 heavy (non-hydrogen) atoms. The van der Waals surface area contributed by atoms with Crippen LogP contribution in [0.1, 0.15) is 252 Å². The highest BCUT2D eigenvalue weighted by atomic mass is 16.6. The second-order valence-corrected chi connectivity index (χ2v) is 15.7. The quantitative estimate of drug-likeness (QED) is 0.0268. The van der Waals surface area contributed by atoms with Crippen molar-refractivity contribution in [1.82, 2.24) is 0 Å². The monoisotopic (exact) mass is 749 g/mol. The highest BCUT2D eigenvalue weighted by molar-refractivity contribution is 5.71. The molecule has 0 saturated carbocycles. The lowest BCUT2D eigenvalue weighted by Crippen LogP contribution is -2.30. The number of hydrogen-bond donors (Lipinski definition) is 0. The molecule has 1 unspecified atom stereocenters. The van der Waals surface area contributed by atoms with E-state index in [1.54, 1.807) is 0 Å². The lowest BCUT2D eigenvalue weighted by atomic mass is 10.0. The Morgan fingerprint density at radius 3 is 0.943 bits per heavy atom. The second kappa shape index (κ2) is 42.9. The van der Waals surface area contributed by atoms with Crippen LogP contribution in [0.4, 0.5) is 0 Å². The van der Waals surface area contributed by atoms with E-state index in [-0.39, 0.29) is 31.1 Å². The van der Waals surface area contributed by atoms with Crippen LogP contribution in [0.3, 0.4) is 0 Å². The predicted molar refractivity (Wildman–Crippen MR) is 224 cm³/mol. The molecule has 0 amide bonds. The average Bonchev–Trinajstić information content (AvgIpc) is 3.15. The summed E-state index contributed by atoms with van der Waals surface area (Å²) in [5.74, 6) is -0.884. The third-order valence-electron chi connectivity index (χ3n) is 10.3. The number of rotatable bonds is 42. The molecular weight excluding hydrogens is 661 g/mol. The highest BCUT2D eigenvalue weighted by Gasteiger charge is 2.19. The normalized spacial score (nSPS) is 12.0. The van der Waals surface area contributed by atoms with Crippen molar-refractivity contribution >= 4 is 17.9 Å². The minimum atomic E-state index is -0.758. The molecule has 0 aromatic rings. The van der Waals surface area contributed by atoms with Crippen LogP contribution in [0.15, 0.2) is 12.2 Å². The van der Waals surface area contributed by atoms with Crippen LogP contribution in [0.25, 0.3) is 0 Å². The number of allylic oxidation sites excluding steroid dienone is 2. The van der Waals surface area contributed by atoms with Gasteiger partial charge in [0.05, 0.1) is 0 Å². The van der Waals surface area contributed by atoms with Gasteiger partial charge in [0.1, 0.15) is 13.2 Å². The standard InChI is InChI=1S/C47H88O6/c1-4-7-10-13-15-16-17-18-19-20-21-22-23-24-25-26-27-28-29-30-32-34-37-40-46(49)52-43-44(42-51-45(48)39-36-33-12-9-6-3)53-47(50)41-38-35-31-14-11-8-5-2/h20-21,44H,4-19,22-43H2,1-3H3/b21-20-. The Hall–Kier alpha value is -1.85. The molecule has 0 aliphatic rings. The van der Waals surface area contributed by atoms with Gasteiger partial charge >= 0.3 is 17.9 Å². The Balaban J connectivity index is 3.96. The fourth-order valence-electron chi connectivity index (χ4n) is 6.73. The number of carbonyl (C=O) groups is 3. The Kier molecular flexibility index (Phi) is 41.4. The first-order valence-corrected chi connectivity index (χ1v) is 23.2. The van der Waals surface area contributed by atoms with Crippen LogP contribution in [0.2, 0.25) is 0 Å². The summed E-state index contributed by atoms with van der Waals surface area (Å²) in [6.07, 6.45) is 45.4. The summed E-state index contributed by atoms with van der Waals surface area (Å²) in [6, 6.07) is 0. The Morgan fingerprint density at radius 1 is 0.358 bits per heavy atom. The molecule has 0 heterocycles. The summed E-state index contributed by atoms with van der Waals surface area (Å²) in [7, 11) is 0. The van der Waals surface area contributed by atoms with Gasteiger partial charge in [-0.15, -0.1) is 0 Å². The summed E-state index contributed by atoms with van der Waals surface area (Å²) in [5.41, 5.74) is 0. The molecular formula is C47H88O6. The maximum atomic E-state index is 12.5. The molecule has 6 nitrogen and oxygen atoms in total. The zero-order valence-corrected chi connectivity index (χ0v) is 35.6. The van der Waals surface area contributed by atoms with Gasteiger partial charge in [0.25, 0.3) is 0 Å². The van der Waals surface area contributed by atoms with E-state index in [1.165, 1.54) is 148 Å². The Morgan fingerprint density at radius 2 is 0.623 bits per heavy atom. The van der Waals surface area contributed by atoms with Crippen LogP contribution in [0, 0.1) is 0 Å². The van der Waals surface area contributed by atoms with Crippen LogP contribution in [-0.2, 0) is 28.6 Å². The fourth-order valence-corrected chi connectivity index (χ4v) is 6.73. The molecule has 0 fully saturated rings. The number of unbranched alkanes of at least 4 members (excludes halogenated alkanes) is 29. The van der Waals surface area contributed by atoms with E-state index >= 15 is 0 Å². The molecule has 0 bridgehead atoms. The molecule has 0 spiro atoms. The van der Waals surface area contributed by atoms with E-state index in [2.05, 4.69) is 32.9 Å². The van der Waals surface area contributed by atoms with Gasteiger partial charge in [0, 0.05) is 19.3 Å². The van der Waals surface area contributed by atoms with Crippen molar-refractivity contribution in [2.24, 2.45) is 0 Å². The summed E-state index contributed by atoms with van der Waals surface area (Å²) < 4.78 is 16.5. The smallest absolute Gasteiger partial charge is 0.306 e. The van der Waals surface area contributed by atoms with Gasteiger partial charge < -0.3 is 14.2 Å². The van der Waals surface area contributed by atoms with Crippen molar-refractivity contribution in [3.05, 3.63) is 12.2 Å². The molecule has 0 aromatic heterocycles. The SMILES string of the molecule is CCCCCCCCCC/C=C\CCCCCCCCCCCCCC(=O)OCC(COC(=O)CCCCCCC)OC(=O)CCCCCCCCC. The van der Waals surface area contributed by atoms with E-state index in [9.17, 15) is 14.4 Å². The van der Waals surface area contributed by atoms with Crippen LogP contribution < -0.4 is 0 Å². The molecule has 6 heteroatoms. The van der Waals surface area contributed by atoms with E-state index in [0.29, 0.717) is 19.3 Å². The molecule has 0 saturated heterocycles. The van der Waals surface area contributed by atoms with Gasteiger partial charge in [-0.1, -0.05) is 200 Å². The molecule has 0 aliphatic heterocycles. The number of ether oxygens (including phenoxy) is 3. The zero-order valence-electron chi connectivity index (χ0n) is 35.6. The minimum Gasteiger partial charge on any atom is -0.462 e. The first kappa shape index (κ1) is 51.1. The number of hydrogen-bond acceptors (Lipinski definition) is 6. The molecule has 312 valence electrons. The van der Waals surface area contributed by atoms with E-state index in [4.69, 9.17) is 14.2 Å². The highest BCUT2D eigenvalue weighted by Crippen LogP contribution is 2.15. The molecule has 0 rings (SSSR count). The van der Waals surface area contributed by atoms with Crippen LogP contribution >= 0.6 is 0 Å². The van der Waals surface area contributed by atoms with Crippen molar-refractivity contribution in [3.8, 4) is 0 Å². The van der Waals surface area contributed by atoms with Gasteiger partial charge in [0.15, 0.2) is 6.10 Å². The predicted octanol–water partition coefficient (Wildman–Crippen LogP) is 14.6. The van der Waals surface area contributed by atoms with Crippen LogP contribution in [-0.4, -0.2) is 37.2 Å². The van der Waals surface area contributed by atoms with E-state index in [0.717, 1.165) is 64.2 Å². The maximum absolute atomic E-state index is 12.5. The molecule has 0 aliphatic carbocycles. The summed E-state index contributed by atoms with van der Waals surface area (Å²) >= 11 is 0. The van der Waals surface area contributed by atoms with Crippen molar-refractivity contribution in [1.29, 1.82) is 0 Å². The van der Waals surface area contributed by atoms with Crippen molar-refractivity contribution in [2.75, 3.05) is 13.2 Å². The molecule has 0 N–H and O–H groups in total. The molecule has 0 radical (unpaired) electrons.